The van der Waals surface area contributed by atoms with Gasteiger partial charge in [-0.1, -0.05) is 29.8 Å². The van der Waals surface area contributed by atoms with Crippen molar-refractivity contribution in [3.05, 3.63) is 64.1 Å². The number of nitro groups is 1. The van der Waals surface area contributed by atoms with Crippen molar-refractivity contribution in [2.45, 2.75) is 0 Å². The number of benzene rings is 1. The highest BCUT2D eigenvalue weighted by atomic mass is 35.5. The zero-order valence-corrected chi connectivity index (χ0v) is 10.9. The molecule has 2 heterocycles. The third kappa shape index (κ3) is 2.19. The fourth-order valence-corrected chi connectivity index (χ4v) is 2.27. The fourth-order valence-electron chi connectivity index (χ4n) is 2.06. The lowest BCUT2D eigenvalue weighted by molar-refractivity contribution is -0.384. The summed E-state index contributed by atoms with van der Waals surface area (Å²) in [5.41, 5.74) is 1.14. The fraction of sp³-hybridized carbons (Fsp3) is 0. The Bertz CT molecular complexity index is 815. The van der Waals surface area contributed by atoms with Crippen LogP contribution in [0.3, 0.4) is 0 Å². The van der Waals surface area contributed by atoms with Crippen molar-refractivity contribution in [2.75, 3.05) is 0 Å². The molecule has 0 spiro atoms. The normalized spacial score (nSPS) is 10.7. The second kappa shape index (κ2) is 4.86. The maximum absolute atomic E-state index is 10.9. The van der Waals surface area contributed by atoms with Crippen LogP contribution >= 0.6 is 11.6 Å². The van der Waals surface area contributed by atoms with E-state index < -0.39 is 4.92 Å². The van der Waals surface area contributed by atoms with Crippen molar-refractivity contribution in [2.24, 2.45) is 0 Å². The van der Waals surface area contributed by atoms with E-state index >= 15 is 0 Å². The quantitative estimate of drug-likeness (QED) is 0.407. The van der Waals surface area contributed by atoms with Gasteiger partial charge in [-0.25, -0.2) is 4.98 Å². The van der Waals surface area contributed by atoms with Gasteiger partial charge in [0.05, 0.1) is 16.7 Å². The summed E-state index contributed by atoms with van der Waals surface area (Å²) in [6.07, 6.45) is 3.40. The number of nitrogens with zero attached hydrogens (tertiary/aromatic N) is 3. The Morgan fingerprint density at radius 3 is 2.85 bits per heavy atom. The van der Waals surface area contributed by atoms with Gasteiger partial charge in [-0.05, 0) is 11.5 Å². The largest absolute Gasteiger partial charge is 0.274 e. The van der Waals surface area contributed by atoms with Gasteiger partial charge in [-0.2, -0.15) is 0 Å². The number of fused-ring (bicyclic) bond motifs is 1. The second-order valence-corrected chi connectivity index (χ2v) is 4.58. The first-order chi connectivity index (χ1) is 9.65. The van der Waals surface area contributed by atoms with Crippen molar-refractivity contribution >= 4 is 28.1 Å². The summed E-state index contributed by atoms with van der Waals surface area (Å²) in [6, 6.07) is 10.2. The summed E-state index contributed by atoms with van der Waals surface area (Å²) in [5.74, 6) is 0. The first-order valence-corrected chi connectivity index (χ1v) is 6.18. The van der Waals surface area contributed by atoms with Gasteiger partial charge in [-0.15, -0.1) is 0 Å². The number of aromatic nitrogens is 2. The Morgan fingerprint density at radius 2 is 2.05 bits per heavy atom. The lowest BCUT2D eigenvalue weighted by Crippen LogP contribution is -1.92. The van der Waals surface area contributed by atoms with E-state index in [1.165, 1.54) is 12.1 Å². The molecule has 0 radical (unpaired) electrons. The second-order valence-electron chi connectivity index (χ2n) is 4.19. The van der Waals surface area contributed by atoms with Crippen LogP contribution in [0.15, 0.2) is 48.8 Å². The minimum atomic E-state index is -0.486. The van der Waals surface area contributed by atoms with Crippen LogP contribution in [0.2, 0.25) is 5.15 Å². The van der Waals surface area contributed by atoms with Crippen LogP contribution in [-0.4, -0.2) is 14.9 Å². The van der Waals surface area contributed by atoms with Gasteiger partial charge in [-0.3, -0.25) is 15.1 Å². The van der Waals surface area contributed by atoms with Crippen LogP contribution in [0.4, 0.5) is 5.69 Å². The molecule has 5 nitrogen and oxygen atoms in total. The number of hydrogen-bond acceptors (Lipinski definition) is 4. The predicted octanol–water partition coefficient (Wildman–Crippen LogP) is 3.86. The first kappa shape index (κ1) is 12.5. The predicted molar refractivity (Wildman–Crippen MR) is 76.6 cm³/mol. The summed E-state index contributed by atoms with van der Waals surface area (Å²) in [5, 5.41) is 12.9. The smallest absolute Gasteiger partial charge is 0.264 e. The van der Waals surface area contributed by atoms with E-state index in [9.17, 15) is 10.1 Å². The van der Waals surface area contributed by atoms with Crippen LogP contribution < -0.4 is 0 Å². The molecular formula is C14H8ClN3O2. The number of hydrogen-bond donors (Lipinski definition) is 0. The van der Waals surface area contributed by atoms with Gasteiger partial charge < -0.3 is 0 Å². The molecule has 0 bridgehead atoms. The van der Waals surface area contributed by atoms with E-state index in [0.717, 1.165) is 16.3 Å². The Labute approximate surface area is 119 Å². The summed E-state index contributed by atoms with van der Waals surface area (Å²) >= 11 is 5.86. The Hall–Kier alpha value is -2.53. The Morgan fingerprint density at radius 1 is 1.20 bits per heavy atom. The molecule has 0 aliphatic heterocycles. The van der Waals surface area contributed by atoms with Crippen molar-refractivity contribution in [3.63, 3.8) is 0 Å². The summed E-state index contributed by atoms with van der Waals surface area (Å²) in [7, 11) is 0. The van der Waals surface area contributed by atoms with Crippen LogP contribution in [0, 0.1) is 10.1 Å². The Kier molecular flexibility index (Phi) is 3.04. The molecule has 0 aliphatic rings. The highest BCUT2D eigenvalue weighted by Crippen LogP contribution is 2.30. The monoisotopic (exact) mass is 285 g/mol. The van der Waals surface area contributed by atoms with Crippen molar-refractivity contribution in [1.29, 1.82) is 0 Å². The molecule has 20 heavy (non-hydrogen) atoms. The van der Waals surface area contributed by atoms with Gasteiger partial charge in [0, 0.05) is 29.4 Å². The molecule has 3 rings (SSSR count). The molecule has 0 atom stereocenters. The molecule has 0 N–H and O–H groups in total. The van der Waals surface area contributed by atoms with E-state index in [-0.39, 0.29) is 10.8 Å². The third-order valence-corrected chi connectivity index (χ3v) is 3.14. The van der Waals surface area contributed by atoms with E-state index in [1.807, 2.05) is 24.3 Å². The Balaban J connectivity index is 2.28. The van der Waals surface area contributed by atoms with E-state index in [0.29, 0.717) is 5.69 Å². The van der Waals surface area contributed by atoms with Gasteiger partial charge in [0.15, 0.2) is 0 Å². The lowest BCUT2D eigenvalue weighted by Gasteiger charge is -2.06. The minimum absolute atomic E-state index is 0.0825. The zero-order chi connectivity index (χ0) is 14.1. The maximum Gasteiger partial charge on any atom is 0.274 e. The molecular weight excluding hydrogens is 278 g/mol. The minimum Gasteiger partial charge on any atom is -0.264 e. The first-order valence-electron chi connectivity index (χ1n) is 5.80. The summed E-state index contributed by atoms with van der Waals surface area (Å²) in [6.45, 7) is 0. The molecule has 0 amide bonds. The molecule has 98 valence electrons. The maximum atomic E-state index is 10.9. The van der Waals surface area contributed by atoms with E-state index in [2.05, 4.69) is 9.97 Å². The van der Waals surface area contributed by atoms with Crippen LogP contribution in [0.1, 0.15) is 0 Å². The van der Waals surface area contributed by atoms with Crippen molar-refractivity contribution in [1.82, 2.24) is 9.97 Å². The third-order valence-electron chi connectivity index (χ3n) is 2.95. The SMILES string of the molecule is O=[N+]([O-])c1cc(Cl)nc(-c2cccc3ccncc23)c1. The van der Waals surface area contributed by atoms with Gasteiger partial charge in [0.1, 0.15) is 5.15 Å². The standard InChI is InChI=1S/C14H8ClN3O2/c15-14-7-10(18(19)20)6-13(17-14)11-3-1-2-9-4-5-16-8-12(9)11/h1-8H. The molecule has 1 aromatic carbocycles. The molecule has 0 fully saturated rings. The molecule has 6 heteroatoms. The molecule has 3 aromatic rings. The molecule has 0 unspecified atom stereocenters. The molecule has 0 saturated heterocycles. The van der Waals surface area contributed by atoms with Gasteiger partial charge >= 0.3 is 0 Å². The van der Waals surface area contributed by atoms with Crippen LogP contribution in [0.25, 0.3) is 22.0 Å². The number of pyridine rings is 2. The van der Waals surface area contributed by atoms with E-state index in [1.54, 1.807) is 12.4 Å². The van der Waals surface area contributed by atoms with Crippen molar-refractivity contribution < 1.29 is 4.92 Å². The number of rotatable bonds is 2. The zero-order valence-electron chi connectivity index (χ0n) is 10.2. The highest BCUT2D eigenvalue weighted by molar-refractivity contribution is 6.29. The number of halogens is 1. The van der Waals surface area contributed by atoms with E-state index in [4.69, 9.17) is 11.6 Å². The van der Waals surface area contributed by atoms with Crippen LogP contribution in [-0.2, 0) is 0 Å². The van der Waals surface area contributed by atoms with Gasteiger partial charge in [0.25, 0.3) is 5.69 Å². The summed E-state index contributed by atoms with van der Waals surface area (Å²) in [4.78, 5) is 18.7. The molecule has 0 aliphatic carbocycles. The average molecular weight is 286 g/mol. The van der Waals surface area contributed by atoms with Crippen LogP contribution in [0.5, 0.6) is 0 Å². The average Bonchev–Trinajstić information content (AvgIpc) is 2.46. The lowest BCUT2D eigenvalue weighted by atomic mass is 10.0. The van der Waals surface area contributed by atoms with Gasteiger partial charge in [0.2, 0.25) is 0 Å². The topological polar surface area (TPSA) is 68.9 Å². The van der Waals surface area contributed by atoms with Crippen molar-refractivity contribution in [3.8, 4) is 11.3 Å². The molecule has 2 aromatic heterocycles. The summed E-state index contributed by atoms with van der Waals surface area (Å²) < 4.78 is 0. The highest BCUT2D eigenvalue weighted by Gasteiger charge is 2.13. The molecule has 0 saturated carbocycles.